The topological polar surface area (TPSA) is 85.1 Å². The molecule has 3 N–H and O–H groups in total. The molecule has 0 bridgehead atoms. The molecule has 0 aliphatic heterocycles. The first kappa shape index (κ1) is 19.7. The number of nitrogens with zero attached hydrogens (tertiary/aromatic N) is 1. The van der Waals surface area contributed by atoms with E-state index in [1.54, 1.807) is 6.07 Å². The molecule has 156 valence electrons. The predicted octanol–water partition coefficient (Wildman–Crippen LogP) is 4.37. The predicted molar refractivity (Wildman–Crippen MR) is 127 cm³/mol. The fourth-order valence-electron chi connectivity index (χ4n) is 4.19. The number of pyridine rings is 1. The van der Waals surface area contributed by atoms with Crippen molar-refractivity contribution in [3.05, 3.63) is 102 Å². The molecule has 0 aliphatic carbocycles. The average molecular weight is 419 g/mol. The second-order valence-electron chi connectivity index (χ2n) is 7.85. The Morgan fingerprint density at radius 2 is 1.41 bits per heavy atom. The van der Waals surface area contributed by atoms with Crippen LogP contribution in [0.1, 0.15) is 15.9 Å². The van der Waals surface area contributed by atoms with Gasteiger partial charge in [-0.05, 0) is 45.3 Å². The zero-order valence-corrected chi connectivity index (χ0v) is 17.3. The van der Waals surface area contributed by atoms with Crippen molar-refractivity contribution < 1.29 is 9.59 Å². The summed E-state index contributed by atoms with van der Waals surface area (Å²) in [6, 6.07) is 26.7. The molecule has 4 aromatic carbocycles. The third-order valence-corrected chi connectivity index (χ3v) is 5.79. The number of benzene rings is 4. The number of carbonyl (C=O) groups is 2. The van der Waals surface area contributed by atoms with Crippen LogP contribution in [0.5, 0.6) is 0 Å². The number of carbonyl (C=O) groups excluding carboxylic acids is 2. The van der Waals surface area contributed by atoms with Crippen molar-refractivity contribution in [2.45, 2.75) is 12.5 Å². The summed E-state index contributed by atoms with van der Waals surface area (Å²) in [5, 5.41) is 7.92. The molecule has 0 saturated carbocycles. The van der Waals surface area contributed by atoms with Gasteiger partial charge in [0.1, 0.15) is 6.04 Å². The summed E-state index contributed by atoms with van der Waals surface area (Å²) in [6.45, 7) is 0. The fraction of sp³-hybridized carbons (Fsp3) is 0.0741. The van der Waals surface area contributed by atoms with Crippen molar-refractivity contribution in [3.63, 3.8) is 0 Å². The van der Waals surface area contributed by atoms with E-state index in [1.807, 2.05) is 72.8 Å². The van der Waals surface area contributed by atoms with Gasteiger partial charge in [-0.3, -0.25) is 14.6 Å². The van der Waals surface area contributed by atoms with Gasteiger partial charge in [0.05, 0.1) is 11.1 Å². The lowest BCUT2D eigenvalue weighted by molar-refractivity contribution is -0.119. The molecular formula is C27H21N3O2. The molecule has 5 heteroatoms. The van der Waals surface area contributed by atoms with Gasteiger partial charge in [0.25, 0.3) is 5.91 Å². The summed E-state index contributed by atoms with van der Waals surface area (Å²) in [5.74, 6) is -0.958. The van der Waals surface area contributed by atoms with Crippen LogP contribution in [0.25, 0.3) is 32.4 Å². The van der Waals surface area contributed by atoms with Gasteiger partial charge in [-0.25, -0.2) is 0 Å². The number of nitrogens with one attached hydrogen (secondary N) is 1. The first-order valence-corrected chi connectivity index (χ1v) is 10.4. The summed E-state index contributed by atoms with van der Waals surface area (Å²) in [5.41, 5.74) is 7.90. The van der Waals surface area contributed by atoms with E-state index in [2.05, 4.69) is 16.4 Å². The first-order chi connectivity index (χ1) is 15.6. The molecule has 1 atom stereocenters. The minimum atomic E-state index is -0.858. The highest BCUT2D eigenvalue weighted by Gasteiger charge is 2.22. The van der Waals surface area contributed by atoms with E-state index < -0.39 is 11.9 Å². The van der Waals surface area contributed by atoms with E-state index in [4.69, 9.17) is 5.73 Å². The van der Waals surface area contributed by atoms with Crippen LogP contribution in [-0.2, 0) is 11.2 Å². The molecule has 0 saturated heterocycles. The molecule has 5 aromatic rings. The monoisotopic (exact) mass is 419 g/mol. The molecular weight excluding hydrogens is 398 g/mol. The van der Waals surface area contributed by atoms with E-state index in [1.165, 1.54) is 6.20 Å². The van der Waals surface area contributed by atoms with Crippen LogP contribution < -0.4 is 11.1 Å². The Bertz CT molecular complexity index is 1440. The number of hydrogen-bond acceptors (Lipinski definition) is 3. The molecule has 32 heavy (non-hydrogen) atoms. The van der Waals surface area contributed by atoms with Crippen LogP contribution in [0.2, 0.25) is 0 Å². The maximum atomic E-state index is 13.0. The molecule has 5 rings (SSSR count). The molecule has 0 radical (unpaired) electrons. The van der Waals surface area contributed by atoms with Crippen LogP contribution in [-0.4, -0.2) is 22.8 Å². The van der Waals surface area contributed by atoms with Gasteiger partial charge in [0, 0.05) is 18.0 Å². The Labute approximate surface area is 184 Å². The van der Waals surface area contributed by atoms with Gasteiger partial charge in [-0.2, -0.15) is 0 Å². The summed E-state index contributed by atoms with van der Waals surface area (Å²) in [6.07, 6.45) is 1.81. The zero-order valence-electron chi connectivity index (χ0n) is 17.3. The molecule has 0 fully saturated rings. The first-order valence-electron chi connectivity index (χ1n) is 10.4. The van der Waals surface area contributed by atoms with Crippen LogP contribution in [0.4, 0.5) is 0 Å². The third kappa shape index (κ3) is 3.65. The van der Waals surface area contributed by atoms with Gasteiger partial charge in [0.2, 0.25) is 5.91 Å². The quantitative estimate of drug-likeness (QED) is 0.415. The number of para-hydroxylation sites is 1. The second-order valence-corrected chi connectivity index (χ2v) is 7.85. The van der Waals surface area contributed by atoms with Crippen molar-refractivity contribution >= 4 is 44.3 Å². The zero-order chi connectivity index (χ0) is 22.1. The maximum absolute atomic E-state index is 13.0. The number of amides is 2. The van der Waals surface area contributed by atoms with E-state index in [0.717, 1.165) is 38.0 Å². The van der Waals surface area contributed by atoms with Gasteiger partial charge < -0.3 is 11.1 Å². The standard InChI is InChI=1S/C27H21N3O2/c28-26(31)25(30-27(32)20-14-19-9-3-6-12-24(19)29-16-20)15-23-21-10-4-1-7-17(21)13-18-8-2-5-11-22(18)23/h1-14,16,25H,15H2,(H2,28,31)(H,30,32)/t25-/m0/s1. The van der Waals surface area contributed by atoms with Crippen molar-refractivity contribution in [1.29, 1.82) is 0 Å². The minimum Gasteiger partial charge on any atom is -0.368 e. The summed E-state index contributed by atoms with van der Waals surface area (Å²) < 4.78 is 0. The lowest BCUT2D eigenvalue weighted by Gasteiger charge is -2.19. The van der Waals surface area contributed by atoms with Crippen LogP contribution in [0, 0.1) is 0 Å². The molecule has 0 spiro atoms. The highest BCUT2D eigenvalue weighted by Crippen LogP contribution is 2.29. The Morgan fingerprint density at radius 1 is 0.812 bits per heavy atom. The number of aromatic nitrogens is 1. The largest absolute Gasteiger partial charge is 0.368 e. The van der Waals surface area contributed by atoms with Gasteiger partial charge >= 0.3 is 0 Å². The smallest absolute Gasteiger partial charge is 0.253 e. The van der Waals surface area contributed by atoms with Crippen LogP contribution in [0.15, 0.2) is 91.1 Å². The third-order valence-electron chi connectivity index (χ3n) is 5.79. The summed E-state index contributed by atoms with van der Waals surface area (Å²) >= 11 is 0. The molecule has 1 aromatic heterocycles. The lowest BCUT2D eigenvalue weighted by atomic mass is 9.92. The van der Waals surface area contributed by atoms with E-state index in [-0.39, 0.29) is 5.91 Å². The van der Waals surface area contributed by atoms with Crippen molar-refractivity contribution in [2.75, 3.05) is 0 Å². The highest BCUT2D eigenvalue weighted by atomic mass is 16.2. The van der Waals surface area contributed by atoms with Crippen molar-refractivity contribution in [3.8, 4) is 0 Å². The number of fused-ring (bicyclic) bond motifs is 3. The van der Waals surface area contributed by atoms with E-state index >= 15 is 0 Å². The molecule has 5 nitrogen and oxygen atoms in total. The SMILES string of the molecule is NC(=O)[C@H](Cc1c2ccccc2cc2ccccc12)NC(=O)c1cnc2ccccc2c1. The average Bonchev–Trinajstić information content (AvgIpc) is 2.82. The normalized spacial score (nSPS) is 12.1. The number of rotatable bonds is 5. The summed E-state index contributed by atoms with van der Waals surface area (Å²) in [7, 11) is 0. The Morgan fingerprint density at radius 3 is 2.06 bits per heavy atom. The van der Waals surface area contributed by atoms with E-state index in [0.29, 0.717) is 12.0 Å². The number of nitrogens with two attached hydrogens (primary N) is 1. The van der Waals surface area contributed by atoms with Crippen LogP contribution in [0.3, 0.4) is 0 Å². The second kappa shape index (κ2) is 8.12. The Hall–Kier alpha value is -4.25. The molecule has 0 unspecified atom stereocenters. The fourth-order valence-corrected chi connectivity index (χ4v) is 4.19. The number of hydrogen-bond donors (Lipinski definition) is 2. The Balaban J connectivity index is 1.51. The maximum Gasteiger partial charge on any atom is 0.253 e. The van der Waals surface area contributed by atoms with Crippen molar-refractivity contribution in [1.82, 2.24) is 10.3 Å². The van der Waals surface area contributed by atoms with Gasteiger partial charge in [0.15, 0.2) is 0 Å². The van der Waals surface area contributed by atoms with E-state index in [9.17, 15) is 9.59 Å². The summed E-state index contributed by atoms with van der Waals surface area (Å²) in [4.78, 5) is 29.7. The van der Waals surface area contributed by atoms with Crippen LogP contribution >= 0.6 is 0 Å². The minimum absolute atomic E-state index is 0.296. The van der Waals surface area contributed by atoms with Crippen molar-refractivity contribution in [2.24, 2.45) is 5.73 Å². The Kier molecular flexibility index (Phi) is 5.00. The van der Waals surface area contributed by atoms with Gasteiger partial charge in [-0.1, -0.05) is 66.7 Å². The number of primary amides is 1. The highest BCUT2D eigenvalue weighted by molar-refractivity contribution is 6.03. The van der Waals surface area contributed by atoms with Gasteiger partial charge in [-0.15, -0.1) is 0 Å². The molecule has 2 amide bonds. The lowest BCUT2D eigenvalue weighted by Crippen LogP contribution is -2.46. The molecule has 1 heterocycles. The molecule has 0 aliphatic rings.